The Morgan fingerprint density at radius 2 is 1.94 bits per heavy atom. The minimum atomic E-state index is -0.589. The van der Waals surface area contributed by atoms with Crippen LogP contribution in [0.25, 0.3) is 10.9 Å². The van der Waals surface area contributed by atoms with Crippen LogP contribution in [0.4, 0.5) is 5.69 Å². The number of amides is 1. The van der Waals surface area contributed by atoms with E-state index >= 15 is 0 Å². The summed E-state index contributed by atoms with van der Waals surface area (Å²) in [5.41, 5.74) is 7.80. The van der Waals surface area contributed by atoms with E-state index in [0.717, 1.165) is 29.2 Å². The molecule has 5 rings (SSSR count). The third-order valence-corrected chi connectivity index (χ3v) is 7.05. The van der Waals surface area contributed by atoms with Gasteiger partial charge in [0.05, 0.1) is 23.8 Å². The zero-order valence-corrected chi connectivity index (χ0v) is 20.4. The minimum absolute atomic E-state index is 0.103. The number of anilines is 1. The molecule has 0 fully saturated rings. The zero-order valence-electron chi connectivity index (χ0n) is 20.4. The van der Waals surface area contributed by atoms with Gasteiger partial charge in [0.1, 0.15) is 6.29 Å². The second kappa shape index (κ2) is 9.47. The monoisotopic (exact) mass is 466 g/mol. The van der Waals surface area contributed by atoms with Crippen molar-refractivity contribution in [3.8, 4) is 0 Å². The highest BCUT2D eigenvalue weighted by Crippen LogP contribution is 2.39. The number of hydrogen-bond donors (Lipinski definition) is 1. The van der Waals surface area contributed by atoms with Gasteiger partial charge in [0.25, 0.3) is 0 Å². The summed E-state index contributed by atoms with van der Waals surface area (Å²) in [7, 11) is 1.88. The van der Waals surface area contributed by atoms with Crippen LogP contribution in [0.15, 0.2) is 66.9 Å². The predicted molar refractivity (Wildman–Crippen MR) is 138 cm³/mol. The molecule has 178 valence electrons. The third-order valence-electron chi connectivity index (χ3n) is 7.05. The molecular formula is C29H30N4O2. The maximum Gasteiger partial charge on any atom is 0.242 e. The molecule has 0 aliphatic carbocycles. The number of aldehydes is 1. The van der Waals surface area contributed by atoms with Gasteiger partial charge in [0, 0.05) is 31.1 Å². The summed E-state index contributed by atoms with van der Waals surface area (Å²) >= 11 is 0. The van der Waals surface area contributed by atoms with E-state index < -0.39 is 6.04 Å². The molecule has 2 unspecified atom stereocenters. The Kier molecular flexibility index (Phi) is 6.22. The van der Waals surface area contributed by atoms with Crippen molar-refractivity contribution in [2.45, 2.75) is 38.8 Å². The maximum absolute atomic E-state index is 13.6. The van der Waals surface area contributed by atoms with E-state index in [4.69, 9.17) is 0 Å². The van der Waals surface area contributed by atoms with Gasteiger partial charge in [-0.3, -0.25) is 14.4 Å². The molecule has 0 saturated heterocycles. The fourth-order valence-electron chi connectivity index (χ4n) is 5.44. The van der Waals surface area contributed by atoms with Crippen LogP contribution >= 0.6 is 0 Å². The summed E-state index contributed by atoms with van der Waals surface area (Å²) in [6.45, 7) is 4.97. The number of aromatic nitrogens is 2. The third kappa shape index (κ3) is 4.37. The molecule has 6 nitrogen and oxygen atoms in total. The van der Waals surface area contributed by atoms with Gasteiger partial charge in [-0.25, -0.2) is 0 Å². The normalized spacial score (nSPS) is 16.6. The Morgan fingerprint density at radius 1 is 1.14 bits per heavy atom. The lowest BCUT2D eigenvalue weighted by molar-refractivity contribution is -0.124. The van der Waals surface area contributed by atoms with Crippen molar-refractivity contribution < 1.29 is 9.59 Å². The molecule has 4 aromatic rings. The molecule has 1 aliphatic rings. The first-order valence-electron chi connectivity index (χ1n) is 12.0. The van der Waals surface area contributed by atoms with Crippen molar-refractivity contribution in [1.29, 1.82) is 0 Å². The van der Waals surface area contributed by atoms with Crippen LogP contribution in [-0.4, -0.2) is 39.5 Å². The standard InChI is InChI=1S/C29H30N4O2/c1-19-15-20(2)24-11-13-33(28(25(24)16-19)21-7-5-4-6-8-21)26(12-14-34)29(35)31-23-10-9-22-18-30-32(3)27(22)17-23/h4-10,14-18,26,28H,11-13H2,1-3H3,(H,31,35). The van der Waals surface area contributed by atoms with Gasteiger partial charge in [-0.15, -0.1) is 0 Å². The highest BCUT2D eigenvalue weighted by molar-refractivity contribution is 5.97. The van der Waals surface area contributed by atoms with Crippen LogP contribution in [0.5, 0.6) is 0 Å². The van der Waals surface area contributed by atoms with Crippen molar-refractivity contribution in [1.82, 2.24) is 14.7 Å². The van der Waals surface area contributed by atoms with Crippen molar-refractivity contribution in [3.05, 3.63) is 94.7 Å². The second-order valence-corrected chi connectivity index (χ2v) is 9.40. The quantitative estimate of drug-likeness (QED) is 0.417. The summed E-state index contributed by atoms with van der Waals surface area (Å²) in [5, 5.41) is 8.37. The summed E-state index contributed by atoms with van der Waals surface area (Å²) < 4.78 is 1.78. The molecule has 1 N–H and O–H groups in total. The molecule has 1 aliphatic heterocycles. The first-order valence-corrected chi connectivity index (χ1v) is 12.0. The average molecular weight is 467 g/mol. The first kappa shape index (κ1) is 23.0. The van der Waals surface area contributed by atoms with E-state index in [2.05, 4.69) is 53.4 Å². The molecule has 0 bridgehead atoms. The van der Waals surface area contributed by atoms with Crippen LogP contribution in [0.2, 0.25) is 0 Å². The van der Waals surface area contributed by atoms with Crippen LogP contribution in [0.3, 0.4) is 0 Å². The van der Waals surface area contributed by atoms with Gasteiger partial charge in [0.15, 0.2) is 0 Å². The lowest BCUT2D eigenvalue weighted by atomic mass is 9.83. The summed E-state index contributed by atoms with van der Waals surface area (Å²) in [6, 6.07) is 19.8. The van der Waals surface area contributed by atoms with Crippen molar-refractivity contribution in [3.63, 3.8) is 0 Å². The highest BCUT2D eigenvalue weighted by atomic mass is 16.2. The Labute approximate surface area is 205 Å². The van der Waals surface area contributed by atoms with E-state index in [1.54, 1.807) is 10.9 Å². The number of nitrogens with zero attached hydrogens (tertiary/aromatic N) is 3. The van der Waals surface area contributed by atoms with Crippen molar-refractivity contribution >= 4 is 28.8 Å². The maximum atomic E-state index is 13.6. The molecule has 0 radical (unpaired) electrons. The van der Waals surface area contributed by atoms with Crippen molar-refractivity contribution in [2.24, 2.45) is 7.05 Å². The van der Waals surface area contributed by atoms with Gasteiger partial charge in [-0.2, -0.15) is 5.10 Å². The number of aryl methyl sites for hydroxylation is 3. The first-order chi connectivity index (χ1) is 17.0. The van der Waals surface area contributed by atoms with Gasteiger partial charge < -0.3 is 10.1 Å². The van der Waals surface area contributed by atoms with Crippen LogP contribution in [-0.2, 0) is 23.1 Å². The Morgan fingerprint density at radius 3 is 2.71 bits per heavy atom. The van der Waals surface area contributed by atoms with Crippen LogP contribution in [0, 0.1) is 13.8 Å². The second-order valence-electron chi connectivity index (χ2n) is 9.40. The van der Waals surface area contributed by atoms with E-state index in [1.807, 2.05) is 43.4 Å². The predicted octanol–water partition coefficient (Wildman–Crippen LogP) is 4.73. The molecular weight excluding hydrogens is 436 g/mol. The fraction of sp³-hybridized carbons (Fsp3) is 0.276. The summed E-state index contributed by atoms with van der Waals surface area (Å²) in [5.74, 6) is -0.174. The van der Waals surface area contributed by atoms with E-state index in [1.165, 1.54) is 22.3 Å². The van der Waals surface area contributed by atoms with Crippen LogP contribution < -0.4 is 5.32 Å². The topological polar surface area (TPSA) is 67.2 Å². The van der Waals surface area contributed by atoms with E-state index in [-0.39, 0.29) is 18.4 Å². The molecule has 35 heavy (non-hydrogen) atoms. The number of carbonyl (C=O) groups is 2. The largest absolute Gasteiger partial charge is 0.325 e. The molecule has 2 heterocycles. The smallest absolute Gasteiger partial charge is 0.242 e. The fourth-order valence-corrected chi connectivity index (χ4v) is 5.44. The molecule has 1 amide bonds. The number of fused-ring (bicyclic) bond motifs is 2. The molecule has 0 saturated carbocycles. The zero-order chi connectivity index (χ0) is 24.5. The minimum Gasteiger partial charge on any atom is -0.325 e. The lowest BCUT2D eigenvalue weighted by Gasteiger charge is -2.42. The van der Waals surface area contributed by atoms with E-state index in [9.17, 15) is 9.59 Å². The highest BCUT2D eigenvalue weighted by Gasteiger charge is 2.37. The lowest BCUT2D eigenvalue weighted by Crippen LogP contribution is -2.49. The number of benzene rings is 3. The Balaban J connectivity index is 1.53. The summed E-state index contributed by atoms with van der Waals surface area (Å²) in [6.07, 6.45) is 3.63. The number of rotatable bonds is 6. The molecule has 3 aromatic carbocycles. The Hall–Kier alpha value is -3.77. The van der Waals surface area contributed by atoms with Gasteiger partial charge in [-0.05, 0) is 60.7 Å². The molecule has 2 atom stereocenters. The van der Waals surface area contributed by atoms with Gasteiger partial charge in [0.2, 0.25) is 5.91 Å². The SMILES string of the molecule is Cc1cc(C)c2c(c1)C(c1ccccc1)N(C(CC=O)C(=O)Nc1ccc3cnn(C)c3c1)CC2. The number of nitrogens with one attached hydrogen (secondary N) is 1. The van der Waals surface area contributed by atoms with Gasteiger partial charge in [-0.1, -0.05) is 48.0 Å². The van der Waals surface area contributed by atoms with Crippen molar-refractivity contribution in [2.75, 3.05) is 11.9 Å². The molecule has 6 heteroatoms. The Bertz CT molecular complexity index is 1390. The van der Waals surface area contributed by atoms with Crippen LogP contribution in [0.1, 0.15) is 40.3 Å². The van der Waals surface area contributed by atoms with E-state index in [0.29, 0.717) is 12.2 Å². The summed E-state index contributed by atoms with van der Waals surface area (Å²) in [4.78, 5) is 27.6. The molecule has 0 spiro atoms. The van der Waals surface area contributed by atoms with Gasteiger partial charge >= 0.3 is 0 Å². The number of hydrogen-bond acceptors (Lipinski definition) is 4. The average Bonchev–Trinajstić information content (AvgIpc) is 3.22. The molecule has 1 aromatic heterocycles. The number of carbonyl (C=O) groups excluding carboxylic acids is 2.